The van der Waals surface area contributed by atoms with Crippen LogP contribution < -0.4 is 19.7 Å². The molecule has 0 aliphatic carbocycles. The lowest BCUT2D eigenvalue weighted by Gasteiger charge is -2.16. The highest BCUT2D eigenvalue weighted by atomic mass is 16.5. The van der Waals surface area contributed by atoms with Crippen LogP contribution in [0.4, 0.5) is 11.5 Å². The fourth-order valence-corrected chi connectivity index (χ4v) is 2.74. The third-order valence-electron chi connectivity index (χ3n) is 3.97. The van der Waals surface area contributed by atoms with Crippen molar-refractivity contribution in [1.82, 2.24) is 4.98 Å². The van der Waals surface area contributed by atoms with E-state index < -0.39 is 0 Å². The van der Waals surface area contributed by atoms with Crippen molar-refractivity contribution in [3.8, 4) is 11.5 Å². The Morgan fingerprint density at radius 1 is 1.08 bits per heavy atom. The van der Waals surface area contributed by atoms with Crippen molar-refractivity contribution in [3.63, 3.8) is 0 Å². The smallest absolute Gasteiger partial charge is 0.262 e. The third-order valence-corrected chi connectivity index (χ3v) is 3.97. The molecule has 2 heterocycles. The van der Waals surface area contributed by atoms with Crippen LogP contribution in [0.5, 0.6) is 11.5 Å². The van der Waals surface area contributed by atoms with Gasteiger partial charge in [-0.05, 0) is 56.2 Å². The molecule has 1 amide bonds. The first-order valence-corrected chi connectivity index (χ1v) is 8.61. The molecule has 0 radical (unpaired) electrons. The minimum atomic E-state index is -0.218. The molecule has 6 heteroatoms. The number of benzene rings is 1. The number of aromatic nitrogens is 1. The molecule has 0 unspecified atom stereocenters. The van der Waals surface area contributed by atoms with Crippen LogP contribution in [0, 0.1) is 0 Å². The number of nitrogens with one attached hydrogen (secondary N) is 1. The van der Waals surface area contributed by atoms with Crippen molar-refractivity contribution in [2.45, 2.75) is 19.8 Å². The van der Waals surface area contributed by atoms with E-state index >= 15 is 0 Å². The number of ether oxygens (including phenoxy) is 2. The Morgan fingerprint density at radius 2 is 1.76 bits per heavy atom. The number of amides is 1. The summed E-state index contributed by atoms with van der Waals surface area (Å²) in [5, 5.41) is 2.79. The summed E-state index contributed by atoms with van der Waals surface area (Å²) in [5.41, 5.74) is 0.670. The highest BCUT2D eigenvalue weighted by Gasteiger charge is 2.13. The van der Waals surface area contributed by atoms with Gasteiger partial charge in [-0.25, -0.2) is 4.98 Å². The summed E-state index contributed by atoms with van der Waals surface area (Å²) in [4.78, 5) is 18.7. The van der Waals surface area contributed by atoms with Crippen molar-refractivity contribution in [2.75, 3.05) is 36.5 Å². The summed E-state index contributed by atoms with van der Waals surface area (Å²) < 4.78 is 10.8. The van der Waals surface area contributed by atoms with E-state index in [4.69, 9.17) is 9.47 Å². The number of carbonyl (C=O) groups excluding carboxylic acids is 1. The molecule has 1 fully saturated rings. The number of nitrogens with zero attached hydrogens (tertiary/aromatic N) is 2. The lowest BCUT2D eigenvalue weighted by molar-refractivity contribution is -0.118. The zero-order valence-corrected chi connectivity index (χ0v) is 14.4. The topological polar surface area (TPSA) is 63.7 Å². The summed E-state index contributed by atoms with van der Waals surface area (Å²) in [6.45, 7) is 4.60. The Bertz CT molecular complexity index is 680. The predicted octanol–water partition coefficient (Wildman–Crippen LogP) is 3.10. The molecule has 0 atom stereocenters. The molecular weight excluding hydrogens is 318 g/mol. The summed E-state index contributed by atoms with van der Waals surface area (Å²) in [6, 6.07) is 11.0. The molecule has 1 aromatic carbocycles. The maximum atomic E-state index is 12.0. The molecule has 0 saturated carbocycles. The lowest BCUT2D eigenvalue weighted by atomic mass is 10.3. The minimum Gasteiger partial charge on any atom is -0.494 e. The largest absolute Gasteiger partial charge is 0.494 e. The van der Waals surface area contributed by atoms with E-state index in [1.165, 1.54) is 12.8 Å². The first-order valence-electron chi connectivity index (χ1n) is 8.61. The highest BCUT2D eigenvalue weighted by molar-refractivity contribution is 5.91. The molecular formula is C19H23N3O3. The van der Waals surface area contributed by atoms with Gasteiger partial charge in [0.25, 0.3) is 5.91 Å². The van der Waals surface area contributed by atoms with Crippen molar-refractivity contribution in [2.24, 2.45) is 0 Å². The Balaban J connectivity index is 1.47. The zero-order chi connectivity index (χ0) is 17.5. The Labute approximate surface area is 147 Å². The predicted molar refractivity (Wildman–Crippen MR) is 97.4 cm³/mol. The monoisotopic (exact) mass is 341 g/mol. The van der Waals surface area contributed by atoms with Crippen LogP contribution in [0.25, 0.3) is 0 Å². The fraction of sp³-hybridized carbons (Fsp3) is 0.368. The fourth-order valence-electron chi connectivity index (χ4n) is 2.74. The van der Waals surface area contributed by atoms with E-state index in [0.29, 0.717) is 18.0 Å². The maximum absolute atomic E-state index is 12.0. The Kier molecular flexibility index (Phi) is 5.72. The number of carbonyl (C=O) groups is 1. The summed E-state index contributed by atoms with van der Waals surface area (Å²) in [7, 11) is 0. The molecule has 1 saturated heterocycles. The molecule has 132 valence electrons. The number of pyridine rings is 1. The summed E-state index contributed by atoms with van der Waals surface area (Å²) >= 11 is 0. The van der Waals surface area contributed by atoms with Gasteiger partial charge in [-0.15, -0.1) is 0 Å². The second-order valence-electron chi connectivity index (χ2n) is 5.84. The number of anilines is 2. The Morgan fingerprint density at radius 3 is 2.36 bits per heavy atom. The highest BCUT2D eigenvalue weighted by Crippen LogP contribution is 2.19. The van der Waals surface area contributed by atoms with E-state index in [2.05, 4.69) is 15.2 Å². The van der Waals surface area contributed by atoms with Crippen molar-refractivity contribution in [3.05, 3.63) is 42.6 Å². The molecule has 6 nitrogen and oxygen atoms in total. The van der Waals surface area contributed by atoms with Crippen LogP contribution >= 0.6 is 0 Å². The molecule has 1 aliphatic rings. The van der Waals surface area contributed by atoms with Crippen LogP contribution in [0.1, 0.15) is 19.8 Å². The number of hydrogen-bond acceptors (Lipinski definition) is 5. The number of hydrogen-bond donors (Lipinski definition) is 1. The van der Waals surface area contributed by atoms with Crippen LogP contribution in [0.3, 0.4) is 0 Å². The number of rotatable bonds is 7. The van der Waals surface area contributed by atoms with Gasteiger partial charge < -0.3 is 19.7 Å². The van der Waals surface area contributed by atoms with Gasteiger partial charge in [0.2, 0.25) is 0 Å². The van der Waals surface area contributed by atoms with E-state index in [-0.39, 0.29) is 12.5 Å². The molecule has 1 aromatic heterocycles. The quantitative estimate of drug-likeness (QED) is 0.838. The maximum Gasteiger partial charge on any atom is 0.262 e. The zero-order valence-electron chi connectivity index (χ0n) is 14.4. The molecule has 25 heavy (non-hydrogen) atoms. The van der Waals surface area contributed by atoms with Gasteiger partial charge >= 0.3 is 0 Å². The first kappa shape index (κ1) is 17.1. The van der Waals surface area contributed by atoms with Gasteiger partial charge in [-0.1, -0.05) is 0 Å². The lowest BCUT2D eigenvalue weighted by Crippen LogP contribution is -2.21. The van der Waals surface area contributed by atoms with E-state index in [9.17, 15) is 4.79 Å². The SMILES string of the molecule is CCOc1ccc(OCC(=O)Nc2ccc(N3CCCC3)nc2)cc1. The van der Waals surface area contributed by atoms with Crippen molar-refractivity contribution < 1.29 is 14.3 Å². The van der Waals surface area contributed by atoms with Gasteiger partial charge in [-0.3, -0.25) is 4.79 Å². The van der Waals surface area contributed by atoms with Crippen LogP contribution in [0.2, 0.25) is 0 Å². The van der Waals surface area contributed by atoms with E-state index in [0.717, 1.165) is 24.7 Å². The molecule has 0 bridgehead atoms. The molecule has 1 N–H and O–H groups in total. The van der Waals surface area contributed by atoms with Crippen molar-refractivity contribution in [1.29, 1.82) is 0 Å². The summed E-state index contributed by atoms with van der Waals surface area (Å²) in [6.07, 6.45) is 4.11. The second kappa shape index (κ2) is 8.37. The molecule has 1 aliphatic heterocycles. The van der Waals surface area contributed by atoms with Crippen molar-refractivity contribution >= 4 is 17.4 Å². The molecule has 2 aromatic rings. The van der Waals surface area contributed by atoms with Gasteiger partial charge in [0.15, 0.2) is 6.61 Å². The minimum absolute atomic E-state index is 0.0537. The van der Waals surface area contributed by atoms with Crippen LogP contribution in [-0.4, -0.2) is 37.2 Å². The van der Waals surface area contributed by atoms with Gasteiger partial charge in [0, 0.05) is 13.1 Å². The summed E-state index contributed by atoms with van der Waals surface area (Å²) in [5.74, 6) is 2.15. The second-order valence-corrected chi connectivity index (χ2v) is 5.84. The molecule has 0 spiro atoms. The van der Waals surface area contributed by atoms with Gasteiger partial charge in [0.1, 0.15) is 17.3 Å². The van der Waals surface area contributed by atoms with E-state index in [1.54, 1.807) is 18.3 Å². The first-order chi connectivity index (χ1) is 12.2. The van der Waals surface area contributed by atoms with E-state index in [1.807, 2.05) is 31.2 Å². The third kappa shape index (κ3) is 4.86. The Hall–Kier alpha value is -2.76. The normalized spacial score (nSPS) is 13.6. The average molecular weight is 341 g/mol. The average Bonchev–Trinajstić information content (AvgIpc) is 3.17. The van der Waals surface area contributed by atoms with Gasteiger partial charge in [-0.2, -0.15) is 0 Å². The van der Waals surface area contributed by atoms with Gasteiger partial charge in [0.05, 0.1) is 18.5 Å². The van der Waals surface area contributed by atoms with Crippen LogP contribution in [-0.2, 0) is 4.79 Å². The standard InChI is InChI=1S/C19H23N3O3/c1-2-24-16-6-8-17(9-7-16)25-14-19(23)21-15-5-10-18(20-13-15)22-11-3-4-12-22/h5-10,13H,2-4,11-12,14H2,1H3,(H,21,23). The molecule has 3 rings (SSSR count). The van der Waals surface area contributed by atoms with Crippen LogP contribution in [0.15, 0.2) is 42.6 Å².